The van der Waals surface area contributed by atoms with E-state index in [1.807, 2.05) is 37.3 Å². The average Bonchev–Trinajstić information content (AvgIpc) is 2.72. The number of hydrogen-bond acceptors (Lipinski definition) is 6. The van der Waals surface area contributed by atoms with Gasteiger partial charge in [-0.15, -0.1) is 0 Å². The van der Waals surface area contributed by atoms with E-state index in [4.69, 9.17) is 24.9 Å². The van der Waals surface area contributed by atoms with Crippen molar-refractivity contribution in [1.82, 2.24) is 10.2 Å². The predicted molar refractivity (Wildman–Crippen MR) is 112 cm³/mol. The molecule has 2 aromatic rings. The summed E-state index contributed by atoms with van der Waals surface area (Å²) >= 11 is 0. The maximum atomic E-state index is 12.4. The lowest BCUT2D eigenvalue weighted by atomic mass is 10.2. The van der Waals surface area contributed by atoms with Gasteiger partial charge in [0.1, 0.15) is 0 Å². The number of carbonyl (C=O) groups excluding carboxylic acids is 1. The number of carboxylic acids is 2. The predicted octanol–water partition coefficient (Wildman–Crippen LogP) is 0.626. The molecule has 0 aliphatic rings. The Balaban J connectivity index is 0.000000703. The summed E-state index contributed by atoms with van der Waals surface area (Å²) in [4.78, 5) is 32.4. The SMILES string of the molecule is CC(NCc1ccc(S(N)(=O)=O)cc1)C(=O)N(C)Cc1ccccc1.O=C(O)C(=O)O. The van der Waals surface area contributed by atoms with Gasteiger partial charge in [-0.05, 0) is 30.2 Å². The van der Waals surface area contributed by atoms with Crippen LogP contribution in [0.1, 0.15) is 18.1 Å². The molecule has 0 fully saturated rings. The van der Waals surface area contributed by atoms with Crippen LogP contribution in [-0.2, 0) is 37.5 Å². The highest BCUT2D eigenvalue weighted by molar-refractivity contribution is 7.89. The Labute approximate surface area is 180 Å². The van der Waals surface area contributed by atoms with Gasteiger partial charge in [0, 0.05) is 20.1 Å². The Hall–Kier alpha value is -3.28. The van der Waals surface area contributed by atoms with E-state index < -0.39 is 22.0 Å². The van der Waals surface area contributed by atoms with Crippen molar-refractivity contribution in [2.75, 3.05) is 7.05 Å². The molecule has 1 unspecified atom stereocenters. The summed E-state index contributed by atoms with van der Waals surface area (Å²) in [7, 11) is -1.91. The Bertz CT molecular complexity index is 981. The Kier molecular flexibility index (Phi) is 9.80. The standard InChI is InChI=1S/C18H23N3O3S.C2H2O4/c1-14(18(22)21(2)13-16-6-4-3-5-7-16)20-12-15-8-10-17(11-9-15)25(19,23)24;3-1(4)2(5)6/h3-11,14,20H,12-13H2,1-2H3,(H2,19,23,24);(H,3,4)(H,5,6). The number of nitrogens with two attached hydrogens (primary N) is 1. The minimum atomic E-state index is -3.69. The molecule has 2 rings (SSSR count). The Morgan fingerprint density at radius 2 is 1.48 bits per heavy atom. The first-order valence-electron chi connectivity index (χ1n) is 9.02. The van der Waals surface area contributed by atoms with Crippen LogP contribution in [0.4, 0.5) is 0 Å². The maximum Gasteiger partial charge on any atom is 0.414 e. The molecule has 0 aromatic heterocycles. The number of likely N-dealkylation sites (N-methyl/N-ethyl adjacent to an activating group) is 1. The first-order chi connectivity index (χ1) is 14.4. The molecule has 1 atom stereocenters. The van der Waals surface area contributed by atoms with Crippen LogP contribution in [0, 0.1) is 0 Å². The number of hydrogen-bond donors (Lipinski definition) is 4. The van der Waals surface area contributed by atoms with E-state index in [1.54, 1.807) is 24.1 Å². The fourth-order valence-electron chi connectivity index (χ4n) is 2.42. The zero-order valence-electron chi connectivity index (χ0n) is 17.1. The van der Waals surface area contributed by atoms with Gasteiger partial charge in [-0.25, -0.2) is 23.1 Å². The van der Waals surface area contributed by atoms with Crippen LogP contribution in [-0.4, -0.2) is 54.5 Å². The number of nitrogens with zero attached hydrogens (tertiary/aromatic N) is 1. The maximum absolute atomic E-state index is 12.4. The van der Waals surface area contributed by atoms with Crippen LogP contribution in [0.25, 0.3) is 0 Å². The lowest BCUT2D eigenvalue weighted by Crippen LogP contribution is -2.42. The number of carbonyl (C=O) groups is 3. The Morgan fingerprint density at radius 1 is 0.968 bits per heavy atom. The fraction of sp³-hybridized carbons (Fsp3) is 0.250. The summed E-state index contributed by atoms with van der Waals surface area (Å²) < 4.78 is 22.5. The number of amides is 1. The zero-order valence-corrected chi connectivity index (χ0v) is 17.9. The van der Waals surface area contributed by atoms with Crippen molar-refractivity contribution >= 4 is 27.9 Å². The summed E-state index contributed by atoms with van der Waals surface area (Å²) in [5.74, 6) is -3.66. The molecule has 11 heteroatoms. The van der Waals surface area contributed by atoms with Gasteiger partial charge in [0.15, 0.2) is 0 Å². The van der Waals surface area contributed by atoms with Gasteiger partial charge in [-0.3, -0.25) is 4.79 Å². The van der Waals surface area contributed by atoms with Gasteiger partial charge in [0.25, 0.3) is 0 Å². The number of rotatable bonds is 7. The van der Waals surface area contributed by atoms with Crippen molar-refractivity contribution < 1.29 is 33.0 Å². The number of carboxylic acid groups (broad SMARTS) is 2. The molecule has 0 heterocycles. The molecule has 0 radical (unpaired) electrons. The van der Waals surface area contributed by atoms with Gasteiger partial charge in [-0.1, -0.05) is 42.5 Å². The quantitative estimate of drug-likeness (QED) is 0.445. The monoisotopic (exact) mass is 451 g/mol. The van der Waals surface area contributed by atoms with Crippen LogP contribution in [0.15, 0.2) is 59.5 Å². The van der Waals surface area contributed by atoms with Crippen molar-refractivity contribution in [2.24, 2.45) is 5.14 Å². The van der Waals surface area contributed by atoms with Crippen LogP contribution in [0.5, 0.6) is 0 Å². The second-order valence-corrected chi connectivity index (χ2v) is 8.14. The van der Waals surface area contributed by atoms with Crippen molar-refractivity contribution in [3.63, 3.8) is 0 Å². The van der Waals surface area contributed by atoms with Crippen LogP contribution >= 0.6 is 0 Å². The highest BCUT2D eigenvalue weighted by Crippen LogP contribution is 2.09. The average molecular weight is 452 g/mol. The summed E-state index contributed by atoms with van der Waals surface area (Å²) in [6, 6.07) is 15.7. The number of aliphatic carboxylic acids is 2. The molecule has 0 saturated heterocycles. The molecule has 31 heavy (non-hydrogen) atoms. The second-order valence-electron chi connectivity index (χ2n) is 6.58. The minimum Gasteiger partial charge on any atom is -0.473 e. The third kappa shape index (κ3) is 9.38. The smallest absolute Gasteiger partial charge is 0.414 e. The molecule has 168 valence electrons. The molecule has 0 spiro atoms. The number of primary sulfonamides is 1. The molecular formula is C20H25N3O7S. The van der Waals surface area contributed by atoms with Crippen molar-refractivity contribution in [2.45, 2.75) is 31.0 Å². The number of nitrogens with one attached hydrogen (secondary N) is 1. The van der Waals surface area contributed by atoms with Crippen LogP contribution in [0.2, 0.25) is 0 Å². The molecule has 0 bridgehead atoms. The van der Waals surface area contributed by atoms with Gasteiger partial charge in [0.2, 0.25) is 15.9 Å². The summed E-state index contributed by atoms with van der Waals surface area (Å²) in [5.41, 5.74) is 1.95. The van der Waals surface area contributed by atoms with Crippen molar-refractivity contribution in [3.8, 4) is 0 Å². The molecular weight excluding hydrogens is 426 g/mol. The minimum absolute atomic E-state index is 0.00925. The first-order valence-corrected chi connectivity index (χ1v) is 10.6. The largest absolute Gasteiger partial charge is 0.473 e. The summed E-state index contributed by atoms with van der Waals surface area (Å²) in [5, 5.41) is 23.0. The van der Waals surface area contributed by atoms with Crippen LogP contribution < -0.4 is 10.5 Å². The van der Waals surface area contributed by atoms with Gasteiger partial charge < -0.3 is 20.4 Å². The summed E-state index contributed by atoms with van der Waals surface area (Å²) in [6.07, 6.45) is 0. The topological polar surface area (TPSA) is 167 Å². The first kappa shape index (κ1) is 25.8. The van der Waals surface area contributed by atoms with E-state index in [0.29, 0.717) is 13.1 Å². The molecule has 0 aliphatic carbocycles. The van der Waals surface area contributed by atoms with Crippen LogP contribution in [0.3, 0.4) is 0 Å². The van der Waals surface area contributed by atoms with Gasteiger partial charge in [-0.2, -0.15) is 0 Å². The van der Waals surface area contributed by atoms with E-state index in [1.165, 1.54) is 12.1 Å². The third-order valence-corrected chi connectivity index (χ3v) is 4.99. The fourth-order valence-corrected chi connectivity index (χ4v) is 2.94. The van der Waals surface area contributed by atoms with Gasteiger partial charge >= 0.3 is 11.9 Å². The van der Waals surface area contributed by atoms with Gasteiger partial charge in [0.05, 0.1) is 10.9 Å². The molecule has 1 amide bonds. The van der Waals surface area contributed by atoms with E-state index >= 15 is 0 Å². The second kappa shape index (κ2) is 11.8. The van der Waals surface area contributed by atoms with Crippen molar-refractivity contribution in [1.29, 1.82) is 0 Å². The molecule has 5 N–H and O–H groups in total. The zero-order chi connectivity index (χ0) is 23.6. The Morgan fingerprint density at radius 3 is 1.94 bits per heavy atom. The summed E-state index contributed by atoms with van der Waals surface area (Å²) in [6.45, 7) is 2.81. The van der Waals surface area contributed by atoms with E-state index in [2.05, 4.69) is 5.32 Å². The third-order valence-electron chi connectivity index (χ3n) is 4.06. The number of sulfonamides is 1. The molecule has 10 nitrogen and oxygen atoms in total. The lowest BCUT2D eigenvalue weighted by molar-refractivity contribution is -0.159. The van der Waals surface area contributed by atoms with E-state index in [-0.39, 0.29) is 16.8 Å². The van der Waals surface area contributed by atoms with Crippen molar-refractivity contribution in [3.05, 3.63) is 65.7 Å². The normalized spacial score (nSPS) is 11.6. The number of benzene rings is 2. The van der Waals surface area contributed by atoms with E-state index in [0.717, 1.165) is 11.1 Å². The van der Waals surface area contributed by atoms with E-state index in [9.17, 15) is 13.2 Å². The molecule has 2 aromatic carbocycles. The highest BCUT2D eigenvalue weighted by Gasteiger charge is 2.17. The molecule has 0 aliphatic heterocycles. The molecule has 0 saturated carbocycles. The highest BCUT2D eigenvalue weighted by atomic mass is 32.2. The lowest BCUT2D eigenvalue weighted by Gasteiger charge is -2.22.